The summed E-state index contributed by atoms with van der Waals surface area (Å²) >= 11 is 0. The second-order valence-corrected chi connectivity index (χ2v) is 3.06. The summed E-state index contributed by atoms with van der Waals surface area (Å²) in [5, 5.41) is 4.01. The second-order valence-electron chi connectivity index (χ2n) is 3.06. The summed E-state index contributed by atoms with van der Waals surface area (Å²) in [6.45, 7) is 0.488. The molecule has 0 aliphatic rings. The highest BCUT2D eigenvalue weighted by molar-refractivity contribution is 5.78. The molecule has 0 aliphatic carbocycles. The smallest absolute Gasteiger partial charge is 0.152 e. The fourth-order valence-corrected chi connectivity index (χ4v) is 1.22. The predicted octanol–water partition coefficient (Wildman–Crippen LogP) is 1.14. The topological polar surface area (TPSA) is 47.8 Å². The summed E-state index contributed by atoms with van der Waals surface area (Å²) in [4.78, 5) is 14.7. The molecule has 2 aromatic rings. The quantitative estimate of drug-likeness (QED) is 0.553. The van der Waals surface area contributed by atoms with Crippen LogP contribution in [0.2, 0.25) is 0 Å². The van der Waals surface area contributed by atoms with Crippen LogP contribution in [0.5, 0.6) is 0 Å². The molecule has 0 saturated carbocycles. The lowest BCUT2D eigenvalue weighted by Crippen LogP contribution is -1.96. The third kappa shape index (κ3) is 2.34. The van der Waals surface area contributed by atoms with Crippen LogP contribution in [0.1, 0.15) is 16.1 Å². The van der Waals surface area contributed by atoms with E-state index in [1.807, 2.05) is 12.3 Å². The number of hydrogen-bond donors (Lipinski definition) is 0. The molecule has 0 atom stereocenters. The highest BCUT2D eigenvalue weighted by Crippen LogP contribution is 1.99. The van der Waals surface area contributed by atoms with Crippen molar-refractivity contribution in [2.75, 3.05) is 0 Å². The van der Waals surface area contributed by atoms with E-state index in [0.29, 0.717) is 17.8 Å². The summed E-state index contributed by atoms with van der Waals surface area (Å²) in [5.41, 5.74) is 1.01. The number of pyridine rings is 1. The molecule has 0 fully saturated rings. The van der Waals surface area contributed by atoms with Gasteiger partial charge in [0.2, 0.25) is 0 Å². The van der Waals surface area contributed by atoms with Gasteiger partial charge in [-0.1, -0.05) is 5.92 Å². The van der Waals surface area contributed by atoms with Gasteiger partial charge in [-0.3, -0.25) is 9.48 Å². The normalized spacial score (nSPS) is 9.25. The highest BCUT2D eigenvalue weighted by atomic mass is 16.1. The van der Waals surface area contributed by atoms with Crippen molar-refractivity contribution in [2.24, 2.45) is 0 Å². The third-order valence-electron chi connectivity index (χ3n) is 1.97. The molecule has 78 valence electrons. The van der Waals surface area contributed by atoms with Gasteiger partial charge in [0.15, 0.2) is 6.29 Å². The largest absolute Gasteiger partial charge is 0.298 e. The Morgan fingerprint density at radius 2 is 2.31 bits per heavy atom. The number of carbonyl (C=O) groups excluding carboxylic acids is 1. The molecule has 0 bridgehead atoms. The number of aromatic nitrogens is 3. The molecular weight excluding hydrogens is 202 g/mol. The van der Waals surface area contributed by atoms with Crippen molar-refractivity contribution >= 4 is 6.29 Å². The molecule has 2 rings (SSSR count). The van der Waals surface area contributed by atoms with E-state index in [1.54, 1.807) is 29.2 Å². The average molecular weight is 211 g/mol. The average Bonchev–Trinajstić information content (AvgIpc) is 2.83. The predicted molar refractivity (Wildman–Crippen MR) is 58.7 cm³/mol. The molecular formula is C12H9N3O. The molecule has 16 heavy (non-hydrogen) atoms. The Kier molecular flexibility index (Phi) is 3.10. The van der Waals surface area contributed by atoms with Crippen LogP contribution in [0, 0.1) is 11.8 Å². The summed E-state index contributed by atoms with van der Waals surface area (Å²) in [6, 6.07) is 5.24. The Hall–Kier alpha value is -2.41. The first-order chi connectivity index (χ1) is 7.90. The van der Waals surface area contributed by atoms with E-state index in [9.17, 15) is 4.79 Å². The lowest BCUT2D eigenvalue weighted by atomic mass is 10.2. The first kappa shape index (κ1) is 10.1. The second kappa shape index (κ2) is 4.89. The van der Waals surface area contributed by atoms with Crippen molar-refractivity contribution in [3.05, 3.63) is 48.0 Å². The summed E-state index contributed by atoms with van der Waals surface area (Å²) in [6.07, 6.45) is 5.89. The zero-order valence-corrected chi connectivity index (χ0v) is 8.50. The van der Waals surface area contributed by atoms with Crippen molar-refractivity contribution < 1.29 is 4.79 Å². The summed E-state index contributed by atoms with van der Waals surface area (Å²) in [7, 11) is 0. The zero-order chi connectivity index (χ0) is 11.2. The molecule has 0 amide bonds. The number of carbonyl (C=O) groups is 1. The lowest BCUT2D eigenvalue weighted by molar-refractivity contribution is 0.112. The van der Waals surface area contributed by atoms with Gasteiger partial charge >= 0.3 is 0 Å². The van der Waals surface area contributed by atoms with Crippen LogP contribution in [0.25, 0.3) is 0 Å². The van der Waals surface area contributed by atoms with Crippen LogP contribution >= 0.6 is 0 Å². The minimum Gasteiger partial charge on any atom is -0.298 e. The van der Waals surface area contributed by atoms with Gasteiger partial charge in [-0.25, -0.2) is 4.98 Å². The van der Waals surface area contributed by atoms with Gasteiger partial charge in [0.1, 0.15) is 12.2 Å². The molecule has 0 saturated heterocycles. The Balaban J connectivity index is 2.14. The van der Waals surface area contributed by atoms with Crippen LogP contribution in [0.3, 0.4) is 0 Å². The van der Waals surface area contributed by atoms with E-state index in [1.165, 1.54) is 0 Å². The first-order valence-corrected chi connectivity index (χ1v) is 4.76. The Morgan fingerprint density at radius 1 is 1.38 bits per heavy atom. The van der Waals surface area contributed by atoms with Gasteiger partial charge in [-0.05, 0) is 24.1 Å². The van der Waals surface area contributed by atoms with E-state index >= 15 is 0 Å². The molecule has 0 aromatic carbocycles. The SMILES string of the molecule is O=Cc1cccnc1C#CCn1cccn1. The number of hydrogen-bond acceptors (Lipinski definition) is 3. The van der Waals surface area contributed by atoms with Crippen LogP contribution in [0.15, 0.2) is 36.8 Å². The van der Waals surface area contributed by atoms with Gasteiger partial charge in [0.05, 0.1) is 0 Å². The van der Waals surface area contributed by atoms with Gasteiger partial charge < -0.3 is 0 Å². The number of aldehydes is 1. The maximum Gasteiger partial charge on any atom is 0.152 e. The van der Waals surface area contributed by atoms with E-state index in [0.717, 1.165) is 6.29 Å². The molecule has 4 heteroatoms. The summed E-state index contributed by atoms with van der Waals surface area (Å²) < 4.78 is 1.70. The monoisotopic (exact) mass is 211 g/mol. The number of nitrogens with zero attached hydrogens (tertiary/aromatic N) is 3. The molecule has 0 spiro atoms. The Labute approximate surface area is 92.9 Å². The van der Waals surface area contributed by atoms with Crippen molar-refractivity contribution in [1.29, 1.82) is 0 Å². The first-order valence-electron chi connectivity index (χ1n) is 4.76. The van der Waals surface area contributed by atoms with Gasteiger partial charge in [-0.15, -0.1) is 0 Å². The van der Waals surface area contributed by atoms with Gasteiger partial charge in [-0.2, -0.15) is 5.10 Å². The van der Waals surface area contributed by atoms with Crippen molar-refractivity contribution in [2.45, 2.75) is 6.54 Å². The van der Waals surface area contributed by atoms with Crippen LogP contribution in [0.4, 0.5) is 0 Å². The molecule has 2 aromatic heterocycles. The van der Waals surface area contributed by atoms with E-state index in [4.69, 9.17) is 0 Å². The van der Waals surface area contributed by atoms with Crippen molar-refractivity contribution in [3.63, 3.8) is 0 Å². The fraction of sp³-hybridized carbons (Fsp3) is 0.0833. The Bertz CT molecular complexity index is 535. The number of rotatable bonds is 2. The minimum absolute atomic E-state index is 0.488. The molecule has 0 aliphatic heterocycles. The van der Waals surface area contributed by atoms with Gasteiger partial charge in [0.25, 0.3) is 0 Å². The molecule has 0 radical (unpaired) electrons. The lowest BCUT2D eigenvalue weighted by Gasteiger charge is -1.93. The minimum atomic E-state index is 0.488. The maximum atomic E-state index is 10.7. The van der Waals surface area contributed by atoms with E-state index in [2.05, 4.69) is 21.9 Å². The van der Waals surface area contributed by atoms with Crippen molar-refractivity contribution in [1.82, 2.24) is 14.8 Å². The van der Waals surface area contributed by atoms with Crippen LogP contribution < -0.4 is 0 Å². The van der Waals surface area contributed by atoms with Gasteiger partial charge in [0, 0.05) is 24.2 Å². The molecule has 4 nitrogen and oxygen atoms in total. The van der Waals surface area contributed by atoms with E-state index in [-0.39, 0.29) is 0 Å². The standard InChI is InChI=1S/C12H9N3O/c16-10-11-4-1-6-13-12(11)5-2-8-15-9-3-7-14-15/h1,3-4,6-7,9-10H,8H2. The Morgan fingerprint density at radius 3 is 3.06 bits per heavy atom. The maximum absolute atomic E-state index is 10.7. The third-order valence-corrected chi connectivity index (χ3v) is 1.97. The molecule has 2 heterocycles. The van der Waals surface area contributed by atoms with Crippen LogP contribution in [-0.2, 0) is 6.54 Å². The fourth-order valence-electron chi connectivity index (χ4n) is 1.22. The van der Waals surface area contributed by atoms with E-state index < -0.39 is 0 Å². The zero-order valence-electron chi connectivity index (χ0n) is 8.50. The van der Waals surface area contributed by atoms with Crippen molar-refractivity contribution in [3.8, 4) is 11.8 Å². The highest BCUT2D eigenvalue weighted by Gasteiger charge is 1.96. The molecule has 0 N–H and O–H groups in total. The summed E-state index contributed by atoms with van der Waals surface area (Å²) in [5.74, 6) is 5.76. The van der Waals surface area contributed by atoms with Crippen LogP contribution in [-0.4, -0.2) is 21.1 Å². The molecule has 0 unspecified atom stereocenters.